The second-order valence-corrected chi connectivity index (χ2v) is 7.08. The number of likely N-dealkylation sites (tertiary alicyclic amines) is 1. The van der Waals surface area contributed by atoms with Crippen LogP contribution < -0.4 is 10.4 Å². The average molecular weight is 327 g/mol. The van der Waals surface area contributed by atoms with Crippen LogP contribution in [0.2, 0.25) is 0 Å². The molecule has 0 saturated carbocycles. The van der Waals surface area contributed by atoms with Gasteiger partial charge in [-0.05, 0) is 18.9 Å². The Labute approximate surface area is 129 Å². The predicted molar refractivity (Wildman–Crippen MR) is 77.7 cm³/mol. The third kappa shape index (κ3) is 3.80. The molecule has 22 heavy (non-hydrogen) atoms. The molecule has 2 rings (SSSR count). The second kappa shape index (κ2) is 6.41. The van der Waals surface area contributed by atoms with E-state index in [1.165, 1.54) is 12.3 Å². The van der Waals surface area contributed by atoms with Crippen LogP contribution in [0.15, 0.2) is 24.5 Å². The molecule has 2 amide bonds. The molecular weight excluding hydrogens is 308 g/mol. The Balaban J connectivity index is 2.13. The first-order chi connectivity index (χ1) is 10.3. The van der Waals surface area contributed by atoms with Crippen LogP contribution in [0.4, 0.5) is 0 Å². The maximum absolute atomic E-state index is 12.1. The van der Waals surface area contributed by atoms with Crippen LogP contribution in [0.1, 0.15) is 23.2 Å². The Bertz CT molecular complexity index is 683. The summed E-state index contributed by atoms with van der Waals surface area (Å²) in [4.78, 5) is 25.8. The average Bonchev–Trinajstić information content (AvgIpc) is 2.99. The molecule has 0 unspecified atom stereocenters. The van der Waals surface area contributed by atoms with E-state index in [1.54, 1.807) is 21.7 Å². The van der Waals surface area contributed by atoms with Gasteiger partial charge in [0.25, 0.3) is 11.8 Å². The molecule has 9 heteroatoms. The van der Waals surface area contributed by atoms with Crippen molar-refractivity contribution in [3.63, 3.8) is 0 Å². The van der Waals surface area contributed by atoms with E-state index < -0.39 is 15.9 Å². The third-order valence-corrected chi connectivity index (χ3v) is 4.32. The number of carbonyl (C=O) groups is 2. The lowest BCUT2D eigenvalue weighted by Gasteiger charge is -2.14. The smallest absolute Gasteiger partial charge is 0.288 e. The first kappa shape index (κ1) is 16.4. The van der Waals surface area contributed by atoms with Gasteiger partial charge in [0.05, 0.1) is 6.26 Å². The van der Waals surface area contributed by atoms with Crippen LogP contribution in [0, 0.1) is 0 Å². The molecule has 0 radical (unpaired) electrons. The zero-order valence-electron chi connectivity index (χ0n) is 12.3. The van der Waals surface area contributed by atoms with Crippen molar-refractivity contribution in [2.45, 2.75) is 19.4 Å². The molecule has 1 aliphatic rings. The molecule has 120 valence electrons. The molecule has 2 heterocycles. The van der Waals surface area contributed by atoms with Gasteiger partial charge in [0.1, 0.15) is 5.56 Å². The summed E-state index contributed by atoms with van der Waals surface area (Å²) in [6.45, 7) is 1.61. The summed E-state index contributed by atoms with van der Waals surface area (Å²) in [5.41, 5.74) is 0.102. The highest BCUT2D eigenvalue weighted by Crippen LogP contribution is 2.07. The Morgan fingerprint density at radius 3 is 2.59 bits per heavy atom. The number of amides is 2. The van der Waals surface area contributed by atoms with Crippen molar-refractivity contribution in [3.8, 4) is 0 Å². The Morgan fingerprint density at radius 2 is 2.00 bits per heavy atom. The number of aromatic nitrogens is 1. The number of hydrazine groups is 1. The van der Waals surface area contributed by atoms with Gasteiger partial charge in [0, 0.05) is 19.2 Å². The Hall–Kier alpha value is -2.00. The molecule has 0 aliphatic carbocycles. The molecule has 1 aliphatic heterocycles. The Morgan fingerprint density at radius 1 is 1.36 bits per heavy atom. The lowest BCUT2D eigenvalue weighted by molar-refractivity contribution is -0.685. The van der Waals surface area contributed by atoms with E-state index in [9.17, 15) is 18.0 Å². The van der Waals surface area contributed by atoms with Crippen molar-refractivity contribution < 1.29 is 22.6 Å². The minimum Gasteiger partial charge on any atom is -0.337 e. The summed E-state index contributed by atoms with van der Waals surface area (Å²) < 4.78 is 24.3. The normalized spacial score (nSPS) is 14.9. The van der Waals surface area contributed by atoms with Gasteiger partial charge < -0.3 is 4.90 Å². The van der Waals surface area contributed by atoms with Gasteiger partial charge in [-0.15, -0.1) is 0 Å². The predicted octanol–water partition coefficient (Wildman–Crippen LogP) is -1.13. The van der Waals surface area contributed by atoms with Crippen molar-refractivity contribution >= 4 is 21.8 Å². The van der Waals surface area contributed by atoms with E-state index in [4.69, 9.17) is 5.84 Å². The first-order valence-corrected chi connectivity index (χ1v) is 8.70. The molecule has 1 aromatic heterocycles. The van der Waals surface area contributed by atoms with Crippen molar-refractivity contribution in [2.75, 3.05) is 19.3 Å². The van der Waals surface area contributed by atoms with Crippen LogP contribution in [0.25, 0.3) is 0 Å². The number of sulfonamides is 1. The minimum absolute atomic E-state index is 0.0279. The van der Waals surface area contributed by atoms with Crippen LogP contribution >= 0.6 is 0 Å². The van der Waals surface area contributed by atoms with Gasteiger partial charge >= 0.3 is 0 Å². The number of pyridine rings is 1. The van der Waals surface area contributed by atoms with Crippen molar-refractivity contribution in [1.82, 2.24) is 9.31 Å². The SMILES string of the molecule is CS(=O)(=O)N(N)C(=O)c1ccc[n+](CC(=O)N2CCCC2)c1. The molecule has 1 fully saturated rings. The largest absolute Gasteiger partial charge is 0.337 e. The molecule has 0 aromatic carbocycles. The van der Waals surface area contributed by atoms with Gasteiger partial charge in [0.15, 0.2) is 12.4 Å². The van der Waals surface area contributed by atoms with E-state index in [-0.39, 0.29) is 22.4 Å². The topological polar surface area (TPSA) is 105 Å². The van der Waals surface area contributed by atoms with E-state index >= 15 is 0 Å². The van der Waals surface area contributed by atoms with E-state index in [0.29, 0.717) is 0 Å². The van der Waals surface area contributed by atoms with Crippen LogP contribution in [-0.2, 0) is 21.4 Å². The summed E-state index contributed by atoms with van der Waals surface area (Å²) in [5, 5.41) is 0. The van der Waals surface area contributed by atoms with Crippen molar-refractivity contribution in [3.05, 3.63) is 30.1 Å². The fourth-order valence-corrected chi connectivity index (χ4v) is 2.65. The standard InChI is InChI=1S/C13H19N4O4S/c1-22(20,21)17(14)13(19)11-5-4-6-15(9-11)10-12(18)16-7-2-3-8-16/h4-6,9H,2-3,7-8,10,14H2,1H3/q+1. The number of hydrogen-bond donors (Lipinski definition) is 1. The highest BCUT2D eigenvalue weighted by Gasteiger charge is 2.25. The quantitative estimate of drug-likeness (QED) is 0.326. The molecule has 0 bridgehead atoms. The summed E-state index contributed by atoms with van der Waals surface area (Å²) in [5.74, 6) is 4.42. The summed E-state index contributed by atoms with van der Waals surface area (Å²) in [6.07, 6.45) is 5.92. The molecule has 2 N–H and O–H groups in total. The first-order valence-electron chi connectivity index (χ1n) is 6.85. The number of nitrogens with zero attached hydrogens (tertiary/aromatic N) is 3. The van der Waals surface area contributed by atoms with E-state index in [2.05, 4.69) is 0 Å². The second-order valence-electron chi connectivity index (χ2n) is 5.22. The zero-order chi connectivity index (χ0) is 16.3. The summed E-state index contributed by atoms with van der Waals surface area (Å²) in [7, 11) is -3.82. The highest BCUT2D eigenvalue weighted by molar-refractivity contribution is 7.88. The zero-order valence-corrected chi connectivity index (χ0v) is 13.1. The van der Waals surface area contributed by atoms with Crippen molar-refractivity contribution in [2.24, 2.45) is 5.84 Å². The third-order valence-electron chi connectivity index (χ3n) is 3.44. The van der Waals surface area contributed by atoms with Gasteiger partial charge in [0.2, 0.25) is 16.6 Å². The van der Waals surface area contributed by atoms with Crippen LogP contribution in [0.3, 0.4) is 0 Å². The maximum atomic E-state index is 12.1. The van der Waals surface area contributed by atoms with Gasteiger partial charge in [-0.1, -0.05) is 0 Å². The van der Waals surface area contributed by atoms with Crippen molar-refractivity contribution in [1.29, 1.82) is 0 Å². The monoisotopic (exact) mass is 327 g/mol. The van der Waals surface area contributed by atoms with Gasteiger partial charge in [-0.2, -0.15) is 8.98 Å². The molecule has 8 nitrogen and oxygen atoms in total. The fraction of sp³-hybridized carbons (Fsp3) is 0.462. The van der Waals surface area contributed by atoms with Gasteiger partial charge in [-0.3, -0.25) is 9.59 Å². The number of rotatable bonds is 4. The number of carbonyl (C=O) groups excluding carboxylic acids is 2. The molecule has 0 atom stereocenters. The molecule has 1 aromatic rings. The Kier molecular flexibility index (Phi) is 4.77. The number of hydrogen-bond acceptors (Lipinski definition) is 5. The van der Waals surface area contributed by atoms with Crippen LogP contribution in [0.5, 0.6) is 0 Å². The lowest BCUT2D eigenvalue weighted by Crippen LogP contribution is -2.46. The molecule has 1 saturated heterocycles. The summed E-state index contributed by atoms with van der Waals surface area (Å²) in [6, 6.07) is 3.02. The maximum Gasteiger partial charge on any atom is 0.288 e. The van der Waals surface area contributed by atoms with Gasteiger partial charge in [-0.25, -0.2) is 14.3 Å². The van der Waals surface area contributed by atoms with E-state index in [1.807, 2.05) is 0 Å². The molecular formula is C13H19N4O4S+. The number of nitrogens with two attached hydrogens (primary N) is 1. The molecule has 0 spiro atoms. The van der Waals surface area contributed by atoms with E-state index in [0.717, 1.165) is 32.2 Å². The minimum atomic E-state index is -3.82. The summed E-state index contributed by atoms with van der Waals surface area (Å²) >= 11 is 0. The van der Waals surface area contributed by atoms with Crippen LogP contribution in [-0.4, -0.2) is 48.9 Å². The lowest BCUT2D eigenvalue weighted by atomic mass is 10.2. The fourth-order valence-electron chi connectivity index (χ4n) is 2.25. The highest BCUT2D eigenvalue weighted by atomic mass is 32.2.